The topological polar surface area (TPSA) is 110 Å². The molecule has 32 heavy (non-hydrogen) atoms. The van der Waals surface area contributed by atoms with Crippen LogP contribution in [0.2, 0.25) is 0 Å². The molecule has 4 N–H and O–H groups in total. The molecule has 158 valence electrons. The van der Waals surface area contributed by atoms with Crippen molar-refractivity contribution in [2.24, 2.45) is 5.73 Å². The van der Waals surface area contributed by atoms with Crippen LogP contribution in [0.5, 0.6) is 0 Å². The van der Waals surface area contributed by atoms with Gasteiger partial charge in [0.1, 0.15) is 11.5 Å². The Morgan fingerprint density at radius 1 is 1.06 bits per heavy atom. The lowest BCUT2D eigenvalue weighted by Crippen LogP contribution is -2.28. The quantitative estimate of drug-likeness (QED) is 0.397. The minimum atomic E-state index is -0.446. The number of benzene rings is 1. The van der Waals surface area contributed by atoms with E-state index in [0.717, 1.165) is 22.2 Å². The summed E-state index contributed by atoms with van der Waals surface area (Å²) in [4.78, 5) is 28.3. The fourth-order valence-corrected chi connectivity index (χ4v) is 3.76. The highest BCUT2D eigenvalue weighted by molar-refractivity contribution is 6.13. The molecule has 4 heterocycles. The van der Waals surface area contributed by atoms with Crippen molar-refractivity contribution in [3.05, 3.63) is 78.6 Å². The van der Waals surface area contributed by atoms with Crippen molar-refractivity contribution in [3.63, 3.8) is 0 Å². The lowest BCUT2D eigenvalue weighted by molar-refractivity contribution is 0.0955. The van der Waals surface area contributed by atoms with Crippen molar-refractivity contribution < 1.29 is 9.18 Å². The SMILES string of the molecule is NCCNC(=O)c1ccc(-c2c(F)cnc3[nH]c4cnc(-c5cccnc5)cc4c23)cc1. The van der Waals surface area contributed by atoms with Gasteiger partial charge in [-0.05, 0) is 35.9 Å². The van der Waals surface area contributed by atoms with Crippen LogP contribution in [0.3, 0.4) is 0 Å². The molecule has 0 atom stereocenters. The maximum atomic E-state index is 15.1. The largest absolute Gasteiger partial charge is 0.351 e. The van der Waals surface area contributed by atoms with Crippen LogP contribution in [0, 0.1) is 5.82 Å². The number of carbonyl (C=O) groups is 1. The summed E-state index contributed by atoms with van der Waals surface area (Å²) in [5, 5.41) is 4.19. The normalized spacial score (nSPS) is 11.2. The van der Waals surface area contributed by atoms with Gasteiger partial charge >= 0.3 is 0 Å². The van der Waals surface area contributed by atoms with Crippen molar-refractivity contribution in [1.29, 1.82) is 0 Å². The van der Waals surface area contributed by atoms with Crippen LogP contribution in [-0.4, -0.2) is 38.9 Å². The first kappa shape index (κ1) is 19.8. The third-order valence-corrected chi connectivity index (χ3v) is 5.28. The molecule has 0 saturated heterocycles. The molecule has 0 unspecified atom stereocenters. The van der Waals surface area contributed by atoms with E-state index in [2.05, 4.69) is 25.3 Å². The lowest BCUT2D eigenvalue weighted by atomic mass is 9.99. The highest BCUT2D eigenvalue weighted by atomic mass is 19.1. The Balaban J connectivity index is 1.65. The second kappa shape index (κ2) is 8.16. The maximum absolute atomic E-state index is 15.1. The van der Waals surface area contributed by atoms with Gasteiger partial charge in [0.2, 0.25) is 0 Å². The first-order valence-electron chi connectivity index (χ1n) is 10.1. The molecular formula is C24H19FN6O. The molecular weight excluding hydrogens is 407 g/mol. The number of aromatic nitrogens is 4. The van der Waals surface area contributed by atoms with Crippen LogP contribution < -0.4 is 11.1 Å². The summed E-state index contributed by atoms with van der Waals surface area (Å²) in [6, 6.07) is 12.5. The van der Waals surface area contributed by atoms with Crippen molar-refractivity contribution >= 4 is 27.8 Å². The van der Waals surface area contributed by atoms with Crippen LogP contribution in [-0.2, 0) is 0 Å². The molecule has 1 aromatic carbocycles. The van der Waals surface area contributed by atoms with Gasteiger partial charge in [-0.1, -0.05) is 12.1 Å². The van der Waals surface area contributed by atoms with Gasteiger partial charge in [0.25, 0.3) is 5.91 Å². The van der Waals surface area contributed by atoms with E-state index in [9.17, 15) is 4.79 Å². The molecule has 0 fully saturated rings. The van der Waals surface area contributed by atoms with Crippen molar-refractivity contribution in [2.45, 2.75) is 0 Å². The van der Waals surface area contributed by atoms with Gasteiger partial charge in [-0.25, -0.2) is 9.37 Å². The molecule has 0 aliphatic rings. The second-order valence-corrected chi connectivity index (χ2v) is 7.31. The Hall–Kier alpha value is -4.17. The number of carbonyl (C=O) groups excluding carboxylic acids is 1. The van der Waals surface area contributed by atoms with E-state index in [1.165, 1.54) is 6.20 Å². The monoisotopic (exact) mass is 426 g/mol. The van der Waals surface area contributed by atoms with E-state index < -0.39 is 5.82 Å². The number of amides is 1. The number of nitrogens with one attached hydrogen (secondary N) is 2. The van der Waals surface area contributed by atoms with Crippen molar-refractivity contribution in [3.8, 4) is 22.4 Å². The minimum absolute atomic E-state index is 0.221. The van der Waals surface area contributed by atoms with Gasteiger partial charge in [-0.2, -0.15) is 0 Å². The van der Waals surface area contributed by atoms with Crippen LogP contribution in [0.15, 0.2) is 67.3 Å². The number of nitrogens with two attached hydrogens (primary N) is 1. The van der Waals surface area contributed by atoms with Gasteiger partial charge in [-0.3, -0.25) is 14.8 Å². The summed E-state index contributed by atoms with van der Waals surface area (Å²) in [5.74, 6) is -0.667. The number of fused-ring (bicyclic) bond motifs is 3. The van der Waals surface area contributed by atoms with E-state index >= 15 is 4.39 Å². The van der Waals surface area contributed by atoms with Gasteiger partial charge < -0.3 is 16.0 Å². The molecule has 7 nitrogen and oxygen atoms in total. The molecule has 4 aromatic heterocycles. The van der Waals surface area contributed by atoms with Gasteiger partial charge in [-0.15, -0.1) is 0 Å². The molecule has 8 heteroatoms. The van der Waals surface area contributed by atoms with E-state index in [1.54, 1.807) is 42.9 Å². The highest BCUT2D eigenvalue weighted by Gasteiger charge is 2.17. The lowest BCUT2D eigenvalue weighted by Gasteiger charge is -2.08. The van der Waals surface area contributed by atoms with Crippen LogP contribution in [0.4, 0.5) is 4.39 Å². The molecule has 0 aliphatic carbocycles. The zero-order valence-electron chi connectivity index (χ0n) is 17.0. The van der Waals surface area contributed by atoms with E-state index in [-0.39, 0.29) is 5.91 Å². The maximum Gasteiger partial charge on any atom is 0.251 e. The van der Waals surface area contributed by atoms with E-state index in [4.69, 9.17) is 5.73 Å². The average Bonchev–Trinajstić information content (AvgIpc) is 3.21. The Labute approximate surface area is 182 Å². The fraction of sp³-hybridized carbons (Fsp3) is 0.0833. The number of aromatic amines is 1. The minimum Gasteiger partial charge on any atom is -0.351 e. The number of nitrogens with zero attached hydrogens (tertiary/aromatic N) is 3. The zero-order valence-corrected chi connectivity index (χ0v) is 17.0. The summed E-state index contributed by atoms with van der Waals surface area (Å²) in [6.07, 6.45) is 6.35. The van der Waals surface area contributed by atoms with Gasteiger partial charge in [0.05, 0.1) is 23.6 Å². The first-order valence-corrected chi connectivity index (χ1v) is 10.1. The molecule has 0 spiro atoms. The molecule has 5 rings (SSSR count). The molecule has 1 amide bonds. The first-order chi connectivity index (χ1) is 15.7. The fourth-order valence-electron chi connectivity index (χ4n) is 3.76. The molecule has 0 bridgehead atoms. The van der Waals surface area contributed by atoms with E-state index in [0.29, 0.717) is 40.8 Å². The predicted octanol–water partition coefficient (Wildman–Crippen LogP) is 3.67. The zero-order chi connectivity index (χ0) is 22.1. The van der Waals surface area contributed by atoms with Crippen LogP contribution >= 0.6 is 0 Å². The molecule has 0 saturated carbocycles. The predicted molar refractivity (Wildman–Crippen MR) is 121 cm³/mol. The standard InChI is InChI=1S/C24H19FN6O/c25-18-12-30-23-22(21(18)14-3-5-15(6-4-14)24(32)28-9-7-26)17-10-19(29-13-20(17)31-23)16-2-1-8-27-11-16/h1-6,8,10-13H,7,9,26H2,(H,28,32)(H,30,31). The average molecular weight is 426 g/mol. The third kappa shape index (κ3) is 3.46. The number of rotatable bonds is 5. The summed E-state index contributed by atoms with van der Waals surface area (Å²) >= 11 is 0. The Kier molecular flexibility index (Phi) is 5.04. The van der Waals surface area contributed by atoms with E-state index in [1.807, 2.05) is 18.2 Å². The summed E-state index contributed by atoms with van der Waals surface area (Å²) in [5.41, 5.74) is 9.88. The summed E-state index contributed by atoms with van der Waals surface area (Å²) in [6.45, 7) is 0.753. The third-order valence-electron chi connectivity index (χ3n) is 5.28. The highest BCUT2D eigenvalue weighted by Crippen LogP contribution is 2.36. The summed E-state index contributed by atoms with van der Waals surface area (Å²) in [7, 11) is 0. The Morgan fingerprint density at radius 2 is 1.91 bits per heavy atom. The van der Waals surface area contributed by atoms with Gasteiger partial charge in [0.15, 0.2) is 0 Å². The van der Waals surface area contributed by atoms with Crippen LogP contribution in [0.25, 0.3) is 44.3 Å². The number of H-pyrrole nitrogens is 1. The Bertz CT molecular complexity index is 1430. The molecule has 0 aliphatic heterocycles. The molecule has 0 radical (unpaired) electrons. The van der Waals surface area contributed by atoms with Crippen molar-refractivity contribution in [1.82, 2.24) is 25.3 Å². The number of pyridine rings is 3. The molecule has 5 aromatic rings. The van der Waals surface area contributed by atoms with Crippen LogP contribution in [0.1, 0.15) is 10.4 Å². The van der Waals surface area contributed by atoms with Crippen molar-refractivity contribution in [2.75, 3.05) is 13.1 Å². The number of halogens is 1. The summed E-state index contributed by atoms with van der Waals surface area (Å²) < 4.78 is 15.1. The second-order valence-electron chi connectivity index (χ2n) is 7.31. The van der Waals surface area contributed by atoms with Gasteiger partial charge in [0, 0.05) is 52.9 Å². The Morgan fingerprint density at radius 3 is 2.66 bits per heavy atom. The number of hydrogen-bond donors (Lipinski definition) is 3. The number of hydrogen-bond acceptors (Lipinski definition) is 5. The smallest absolute Gasteiger partial charge is 0.251 e.